The van der Waals surface area contributed by atoms with Gasteiger partial charge in [0.2, 0.25) is 0 Å². The summed E-state index contributed by atoms with van der Waals surface area (Å²) in [4.78, 5) is 50.7. The van der Waals surface area contributed by atoms with Gasteiger partial charge in [0, 0.05) is 24.7 Å². The van der Waals surface area contributed by atoms with Crippen molar-refractivity contribution < 1.29 is 42.2 Å². The number of carbonyl (C=O) groups is 3. The number of hydrogen-bond acceptors (Lipinski definition) is 10. The van der Waals surface area contributed by atoms with E-state index in [2.05, 4.69) is 10.2 Å². The van der Waals surface area contributed by atoms with Gasteiger partial charge in [0.1, 0.15) is 0 Å². The van der Waals surface area contributed by atoms with E-state index >= 15 is 0 Å². The van der Waals surface area contributed by atoms with E-state index in [1.165, 1.54) is 6.07 Å². The fourth-order valence-electron chi connectivity index (χ4n) is 3.54. The summed E-state index contributed by atoms with van der Waals surface area (Å²) >= 11 is 0. The van der Waals surface area contributed by atoms with Crippen LogP contribution in [0.15, 0.2) is 42.5 Å². The number of aliphatic hydroxyl groups excluding tert-OH is 1. The molecule has 0 radical (unpaired) electrons. The van der Waals surface area contributed by atoms with Gasteiger partial charge in [-0.15, -0.1) is 5.06 Å². The summed E-state index contributed by atoms with van der Waals surface area (Å²) in [6.07, 6.45) is -0.123. The van der Waals surface area contributed by atoms with Crippen LogP contribution in [0, 0.1) is 10.1 Å². The first-order chi connectivity index (χ1) is 17.0. The molecule has 13 nitrogen and oxygen atoms in total. The van der Waals surface area contributed by atoms with Crippen LogP contribution in [0.2, 0.25) is 0 Å². The van der Waals surface area contributed by atoms with Crippen molar-refractivity contribution in [3.8, 4) is 0 Å². The fourth-order valence-corrected chi connectivity index (χ4v) is 4.25. The number of amides is 2. The van der Waals surface area contributed by atoms with Crippen LogP contribution in [0.25, 0.3) is 0 Å². The Hall–Kier alpha value is -2.88. The van der Waals surface area contributed by atoms with E-state index in [4.69, 9.17) is 4.55 Å². The summed E-state index contributed by atoms with van der Waals surface area (Å²) in [5.41, 5.74) is 2.51. The molecule has 1 atom stereocenters. The SMILES string of the molecule is O=C(CCCc1ccc(NCc2ccc([N+](=O)[O-])c(CO)c2)cc1)ON1C(=O)CC(S(=O)(=O)O)C1=O.[NaH]. The molecule has 2 aromatic carbocycles. The fraction of sp³-hybridized carbons (Fsp3) is 0.318. The van der Waals surface area contributed by atoms with Crippen molar-refractivity contribution in [2.75, 3.05) is 5.32 Å². The minimum atomic E-state index is -4.78. The van der Waals surface area contributed by atoms with E-state index in [-0.39, 0.29) is 52.3 Å². The van der Waals surface area contributed by atoms with E-state index in [0.717, 1.165) is 16.8 Å². The second kappa shape index (κ2) is 13.1. The molecule has 1 aliphatic rings. The van der Waals surface area contributed by atoms with Crippen molar-refractivity contribution in [1.82, 2.24) is 5.06 Å². The minimum absolute atomic E-state index is 0. The van der Waals surface area contributed by atoms with Gasteiger partial charge in [-0.05, 0) is 42.2 Å². The van der Waals surface area contributed by atoms with Crippen molar-refractivity contribution >= 4 is 68.8 Å². The van der Waals surface area contributed by atoms with E-state index in [1.807, 2.05) is 24.3 Å². The molecule has 0 aromatic heterocycles. The first-order valence-electron chi connectivity index (χ1n) is 10.7. The van der Waals surface area contributed by atoms with Crippen LogP contribution in [0.3, 0.4) is 0 Å². The van der Waals surface area contributed by atoms with Gasteiger partial charge >= 0.3 is 35.5 Å². The predicted octanol–water partition coefficient (Wildman–Crippen LogP) is 0.847. The maximum atomic E-state index is 12.0. The number of rotatable bonds is 11. The molecule has 2 aromatic rings. The van der Waals surface area contributed by atoms with Gasteiger partial charge in [0.25, 0.3) is 27.6 Å². The summed E-state index contributed by atoms with van der Waals surface area (Å²) < 4.78 is 31.2. The van der Waals surface area contributed by atoms with Gasteiger partial charge in [0.15, 0.2) is 5.25 Å². The van der Waals surface area contributed by atoms with Crippen molar-refractivity contribution in [1.29, 1.82) is 0 Å². The van der Waals surface area contributed by atoms with Crippen LogP contribution in [0.4, 0.5) is 11.4 Å². The molecule has 194 valence electrons. The number of anilines is 1. The number of carbonyl (C=O) groups excluding carboxylic acids is 3. The Morgan fingerprint density at radius 1 is 1.16 bits per heavy atom. The second-order valence-corrected chi connectivity index (χ2v) is 9.58. The van der Waals surface area contributed by atoms with E-state index in [0.29, 0.717) is 19.4 Å². The molecule has 1 unspecified atom stereocenters. The third-order valence-electron chi connectivity index (χ3n) is 5.42. The summed E-state index contributed by atoms with van der Waals surface area (Å²) in [5, 5.41) is 21.6. The summed E-state index contributed by atoms with van der Waals surface area (Å²) in [6.45, 7) is -0.0648. The van der Waals surface area contributed by atoms with Gasteiger partial charge in [-0.2, -0.15) is 8.42 Å². The van der Waals surface area contributed by atoms with Gasteiger partial charge in [-0.25, -0.2) is 4.79 Å². The standard InChI is InChI=1S/C22H23N3O10S.Na.H/c26-13-16-10-15(6-9-18(16)25(30)31)12-23-17-7-4-14(5-8-17)2-1-3-21(28)35-24-20(27)11-19(22(24)29)36(32,33)34;;/h4-10,19,23,26H,1-3,11-13H2,(H,32,33,34);;. The Kier molecular flexibility index (Phi) is 10.7. The molecule has 0 bridgehead atoms. The zero-order chi connectivity index (χ0) is 26.5. The van der Waals surface area contributed by atoms with Gasteiger partial charge in [-0.3, -0.25) is 24.3 Å². The molecular weight excluding hydrogens is 521 g/mol. The Bertz CT molecular complexity index is 1280. The summed E-state index contributed by atoms with van der Waals surface area (Å²) in [7, 11) is -4.78. The molecule has 0 spiro atoms. The average molecular weight is 546 g/mol. The van der Waals surface area contributed by atoms with Crippen LogP contribution in [-0.2, 0) is 48.9 Å². The topological polar surface area (TPSA) is 193 Å². The predicted molar refractivity (Wildman–Crippen MR) is 131 cm³/mol. The number of nitrogens with zero attached hydrogens (tertiary/aromatic N) is 2. The summed E-state index contributed by atoms with van der Waals surface area (Å²) in [5.74, 6) is -3.23. The normalized spacial score (nSPS) is 15.3. The molecule has 37 heavy (non-hydrogen) atoms. The molecule has 1 fully saturated rings. The van der Waals surface area contributed by atoms with Crippen LogP contribution < -0.4 is 5.32 Å². The van der Waals surface area contributed by atoms with Crippen LogP contribution >= 0.6 is 0 Å². The Morgan fingerprint density at radius 2 is 1.81 bits per heavy atom. The number of aliphatic hydroxyl groups is 1. The number of aryl methyl sites for hydroxylation is 1. The number of hydrogen-bond donors (Lipinski definition) is 3. The zero-order valence-electron chi connectivity index (χ0n) is 18.8. The summed E-state index contributed by atoms with van der Waals surface area (Å²) in [6, 6.07) is 11.8. The zero-order valence-corrected chi connectivity index (χ0v) is 19.6. The van der Waals surface area contributed by atoms with E-state index in [1.54, 1.807) is 12.1 Å². The first-order valence-corrected chi connectivity index (χ1v) is 12.2. The van der Waals surface area contributed by atoms with Crippen LogP contribution in [0.1, 0.15) is 36.0 Å². The molecule has 15 heteroatoms. The maximum absolute atomic E-state index is 12.0. The van der Waals surface area contributed by atoms with Crippen molar-refractivity contribution in [2.45, 2.75) is 44.1 Å². The quantitative estimate of drug-likeness (QED) is 0.119. The van der Waals surface area contributed by atoms with Crippen LogP contribution in [-0.4, -0.2) is 80.7 Å². The monoisotopic (exact) mass is 545 g/mol. The Morgan fingerprint density at radius 3 is 2.38 bits per heavy atom. The molecule has 3 rings (SSSR count). The molecule has 1 heterocycles. The molecule has 2 amide bonds. The first kappa shape index (κ1) is 30.3. The molecule has 0 saturated carbocycles. The third kappa shape index (κ3) is 8.05. The van der Waals surface area contributed by atoms with Gasteiger partial charge in [0.05, 0.1) is 23.5 Å². The number of nitro groups is 1. The van der Waals surface area contributed by atoms with Crippen LogP contribution in [0.5, 0.6) is 0 Å². The van der Waals surface area contributed by atoms with Gasteiger partial charge in [-0.1, -0.05) is 18.2 Å². The number of nitrogens with one attached hydrogen (secondary N) is 1. The molecule has 3 N–H and O–H groups in total. The van der Waals surface area contributed by atoms with Crippen molar-refractivity contribution in [3.63, 3.8) is 0 Å². The molecule has 1 aliphatic heterocycles. The average Bonchev–Trinajstić information content (AvgIpc) is 3.12. The van der Waals surface area contributed by atoms with E-state index in [9.17, 15) is 38.0 Å². The number of benzene rings is 2. The molecule has 1 saturated heterocycles. The third-order valence-corrected chi connectivity index (χ3v) is 6.51. The Balaban J connectivity index is 0.00000481. The number of hydroxylamine groups is 2. The van der Waals surface area contributed by atoms with Crippen molar-refractivity contribution in [3.05, 3.63) is 69.3 Å². The van der Waals surface area contributed by atoms with E-state index < -0.39 is 51.1 Å². The second-order valence-electron chi connectivity index (χ2n) is 7.98. The number of imide groups is 1. The van der Waals surface area contributed by atoms with Gasteiger partial charge < -0.3 is 15.3 Å². The van der Waals surface area contributed by atoms with Crippen molar-refractivity contribution in [2.24, 2.45) is 0 Å². The molecular formula is C22H24N3NaO10S. The Labute approximate surface area is 233 Å². The molecule has 0 aliphatic carbocycles. The number of nitro benzene ring substituents is 1.